The molecule has 0 saturated carbocycles. The van der Waals surface area contributed by atoms with Gasteiger partial charge in [-0.1, -0.05) is 42.1 Å². The molecule has 0 aliphatic heterocycles. The van der Waals surface area contributed by atoms with Crippen molar-refractivity contribution in [3.8, 4) is 0 Å². The molecule has 0 fully saturated rings. The zero-order valence-electron chi connectivity index (χ0n) is 12.0. The first-order valence-corrected chi connectivity index (χ1v) is 7.78. The van der Waals surface area contributed by atoms with Crippen LogP contribution >= 0.6 is 11.8 Å². The Morgan fingerprint density at radius 3 is 2.67 bits per heavy atom. The van der Waals surface area contributed by atoms with E-state index in [1.165, 1.54) is 5.56 Å². The number of nitrogens with one attached hydrogen (secondary N) is 1. The predicted octanol–water partition coefficient (Wildman–Crippen LogP) is 4.02. The topological polar surface area (TPSA) is 54.7 Å². The molecule has 0 saturated heterocycles. The van der Waals surface area contributed by atoms with Gasteiger partial charge in [0.2, 0.25) is 0 Å². The van der Waals surface area contributed by atoms with E-state index in [9.17, 15) is 0 Å². The van der Waals surface area contributed by atoms with Crippen molar-refractivity contribution in [2.24, 2.45) is 0 Å². The Morgan fingerprint density at radius 1 is 1.14 bits per heavy atom. The summed E-state index contributed by atoms with van der Waals surface area (Å²) in [7, 11) is 0. The first kappa shape index (κ1) is 13.9. The molecule has 0 amide bonds. The molecule has 0 bridgehead atoms. The largest absolute Gasteiger partial charge is 0.468 e. The maximum absolute atomic E-state index is 5.32. The first-order valence-electron chi connectivity index (χ1n) is 6.80. The smallest absolute Gasteiger partial charge is 0.184 e. The number of benzene rings is 1. The minimum absolute atomic E-state index is 0.221. The van der Waals surface area contributed by atoms with Gasteiger partial charge in [-0.3, -0.25) is 5.10 Å². The summed E-state index contributed by atoms with van der Waals surface area (Å²) >= 11 is 1.59. The lowest BCUT2D eigenvalue weighted by atomic mass is 9.84. The van der Waals surface area contributed by atoms with Gasteiger partial charge in [0.05, 0.1) is 17.4 Å². The minimum Gasteiger partial charge on any atom is -0.468 e. The number of rotatable bonds is 5. The van der Waals surface area contributed by atoms with E-state index in [0.717, 1.165) is 22.5 Å². The molecule has 0 unspecified atom stereocenters. The fourth-order valence-electron chi connectivity index (χ4n) is 2.11. The van der Waals surface area contributed by atoms with Crippen LogP contribution in [0, 0.1) is 0 Å². The molecule has 0 atom stereocenters. The van der Waals surface area contributed by atoms with E-state index in [4.69, 9.17) is 4.42 Å². The highest BCUT2D eigenvalue weighted by Crippen LogP contribution is 2.30. The van der Waals surface area contributed by atoms with Crippen molar-refractivity contribution in [3.63, 3.8) is 0 Å². The summed E-state index contributed by atoms with van der Waals surface area (Å²) in [6.07, 6.45) is 1.68. The molecule has 2 heterocycles. The molecule has 2 aromatic heterocycles. The van der Waals surface area contributed by atoms with Crippen LogP contribution < -0.4 is 0 Å². The summed E-state index contributed by atoms with van der Waals surface area (Å²) in [4.78, 5) is 4.61. The predicted molar refractivity (Wildman–Crippen MR) is 83.2 cm³/mol. The third-order valence-corrected chi connectivity index (χ3v) is 4.34. The van der Waals surface area contributed by atoms with E-state index >= 15 is 0 Å². The van der Waals surface area contributed by atoms with E-state index in [1.807, 2.05) is 30.3 Å². The van der Waals surface area contributed by atoms with Gasteiger partial charge in [-0.15, -0.1) is 0 Å². The quantitative estimate of drug-likeness (QED) is 0.723. The van der Waals surface area contributed by atoms with Crippen molar-refractivity contribution in [2.45, 2.75) is 30.2 Å². The minimum atomic E-state index is -0.221. The summed E-state index contributed by atoms with van der Waals surface area (Å²) in [5.41, 5.74) is 0.980. The zero-order chi connectivity index (χ0) is 14.7. The van der Waals surface area contributed by atoms with Crippen LogP contribution in [0.2, 0.25) is 0 Å². The van der Waals surface area contributed by atoms with Gasteiger partial charge in [-0.25, -0.2) is 4.98 Å². The third kappa shape index (κ3) is 3.03. The van der Waals surface area contributed by atoms with Crippen molar-refractivity contribution in [2.75, 3.05) is 0 Å². The number of furan rings is 1. The molecule has 1 N–H and O–H groups in total. The Labute approximate surface area is 128 Å². The first-order chi connectivity index (χ1) is 10.2. The lowest BCUT2D eigenvalue weighted by Gasteiger charge is -2.21. The maximum atomic E-state index is 5.32. The Bertz CT molecular complexity index is 689. The zero-order valence-corrected chi connectivity index (χ0v) is 12.9. The van der Waals surface area contributed by atoms with Crippen molar-refractivity contribution < 1.29 is 4.42 Å². The molecule has 0 aliphatic carbocycles. The highest BCUT2D eigenvalue weighted by atomic mass is 32.2. The molecule has 0 spiro atoms. The Balaban J connectivity index is 1.75. The lowest BCUT2D eigenvalue weighted by molar-refractivity contribution is 0.530. The molecule has 108 valence electrons. The van der Waals surface area contributed by atoms with Crippen molar-refractivity contribution >= 4 is 11.8 Å². The van der Waals surface area contributed by atoms with Crippen LogP contribution in [0.25, 0.3) is 0 Å². The van der Waals surface area contributed by atoms with Gasteiger partial charge >= 0.3 is 0 Å². The second-order valence-corrected chi connectivity index (χ2v) is 6.29. The molecule has 4 nitrogen and oxygen atoms in total. The normalized spacial score (nSPS) is 11.7. The van der Waals surface area contributed by atoms with Crippen LogP contribution in [0.1, 0.15) is 31.0 Å². The molecule has 3 aromatic rings. The van der Waals surface area contributed by atoms with Crippen LogP contribution in [-0.4, -0.2) is 15.2 Å². The maximum Gasteiger partial charge on any atom is 0.184 e. The van der Waals surface area contributed by atoms with Crippen LogP contribution in [0.15, 0.2) is 58.3 Å². The molecule has 1 aromatic carbocycles. The highest BCUT2D eigenvalue weighted by Gasteiger charge is 2.27. The van der Waals surface area contributed by atoms with E-state index in [2.05, 4.69) is 41.2 Å². The number of hydrogen-bond donors (Lipinski definition) is 1. The van der Waals surface area contributed by atoms with Gasteiger partial charge in [0.15, 0.2) is 11.0 Å². The van der Waals surface area contributed by atoms with Gasteiger partial charge in [0.25, 0.3) is 0 Å². The van der Waals surface area contributed by atoms with Crippen molar-refractivity contribution in [1.82, 2.24) is 15.2 Å². The molecule has 3 rings (SSSR count). The molecule has 0 aliphatic rings. The monoisotopic (exact) mass is 299 g/mol. The number of hydrogen-bond acceptors (Lipinski definition) is 4. The average Bonchev–Trinajstić information content (AvgIpc) is 3.18. The van der Waals surface area contributed by atoms with E-state index in [-0.39, 0.29) is 5.41 Å². The number of aromatic amines is 1. The van der Waals surface area contributed by atoms with Crippen molar-refractivity contribution in [3.05, 3.63) is 65.9 Å². The lowest BCUT2D eigenvalue weighted by Crippen LogP contribution is -2.20. The van der Waals surface area contributed by atoms with Crippen LogP contribution in [-0.2, 0) is 11.2 Å². The standard InChI is InChI=1S/C16H17N3OS/c1-16(2,12-7-4-3-5-8-12)14-17-15(19-18-14)21-11-13-9-6-10-20-13/h3-10H,11H2,1-2H3,(H,17,18,19). The van der Waals surface area contributed by atoms with Gasteiger partial charge in [0, 0.05) is 0 Å². The summed E-state index contributed by atoms with van der Waals surface area (Å²) in [5.74, 6) is 2.48. The Morgan fingerprint density at radius 2 is 1.95 bits per heavy atom. The van der Waals surface area contributed by atoms with Gasteiger partial charge in [-0.05, 0) is 31.5 Å². The fraction of sp³-hybridized carbons (Fsp3) is 0.250. The SMILES string of the molecule is CC(C)(c1ccccc1)c1n[nH]c(SCc2ccco2)n1. The average molecular weight is 299 g/mol. The highest BCUT2D eigenvalue weighted by molar-refractivity contribution is 7.98. The third-order valence-electron chi connectivity index (χ3n) is 3.45. The summed E-state index contributed by atoms with van der Waals surface area (Å²) in [6.45, 7) is 4.26. The summed E-state index contributed by atoms with van der Waals surface area (Å²) in [5, 5.41) is 8.19. The van der Waals surface area contributed by atoms with E-state index in [0.29, 0.717) is 0 Å². The van der Waals surface area contributed by atoms with Gasteiger partial charge in [0.1, 0.15) is 5.76 Å². The second-order valence-electron chi connectivity index (χ2n) is 5.32. The number of thioether (sulfide) groups is 1. The molecule has 21 heavy (non-hydrogen) atoms. The van der Waals surface area contributed by atoms with Gasteiger partial charge < -0.3 is 4.42 Å². The Kier molecular flexibility index (Phi) is 3.84. The second kappa shape index (κ2) is 5.77. The van der Waals surface area contributed by atoms with Crippen LogP contribution in [0.5, 0.6) is 0 Å². The number of H-pyrrole nitrogens is 1. The summed E-state index contributed by atoms with van der Waals surface area (Å²) in [6, 6.07) is 14.1. The molecule has 0 radical (unpaired) electrons. The number of aromatic nitrogens is 3. The van der Waals surface area contributed by atoms with E-state index in [1.54, 1.807) is 18.0 Å². The molecular weight excluding hydrogens is 282 g/mol. The van der Waals surface area contributed by atoms with Crippen LogP contribution in [0.3, 0.4) is 0 Å². The van der Waals surface area contributed by atoms with Gasteiger partial charge in [-0.2, -0.15) is 5.10 Å². The fourth-order valence-corrected chi connectivity index (χ4v) is 2.81. The Hall–Kier alpha value is -2.01. The van der Waals surface area contributed by atoms with E-state index < -0.39 is 0 Å². The number of nitrogens with zero attached hydrogens (tertiary/aromatic N) is 2. The van der Waals surface area contributed by atoms with Crippen LogP contribution in [0.4, 0.5) is 0 Å². The molecular formula is C16H17N3OS. The van der Waals surface area contributed by atoms with Crippen molar-refractivity contribution in [1.29, 1.82) is 0 Å². The molecule has 5 heteroatoms. The summed E-state index contributed by atoms with van der Waals surface area (Å²) < 4.78 is 5.32.